The molecule has 17 nitrogen and oxygen atoms in total. The predicted octanol–water partition coefficient (Wildman–Crippen LogP) is 26.2. The highest BCUT2D eigenvalue weighted by atomic mass is 31.2. The zero-order valence-electron chi connectivity index (χ0n) is 69.0. The first kappa shape index (κ1) is 103. The number of phosphoric ester groups is 2. The monoisotopic (exact) mass is 1540 g/mol. The number of aliphatic hydroxyl groups is 1. The first-order valence-corrected chi connectivity index (χ1v) is 47.5. The van der Waals surface area contributed by atoms with Gasteiger partial charge in [0.25, 0.3) is 0 Å². The van der Waals surface area contributed by atoms with Crippen molar-refractivity contribution in [3.05, 3.63) is 0 Å². The van der Waals surface area contributed by atoms with E-state index in [1.807, 2.05) is 0 Å². The maximum atomic E-state index is 13.1. The first-order valence-electron chi connectivity index (χ1n) is 44.5. The summed E-state index contributed by atoms with van der Waals surface area (Å²) in [5.41, 5.74) is 0. The molecule has 19 heteroatoms. The smallest absolute Gasteiger partial charge is 0.462 e. The summed E-state index contributed by atoms with van der Waals surface area (Å²) in [5, 5.41) is 10.7. The van der Waals surface area contributed by atoms with Gasteiger partial charge in [-0.2, -0.15) is 0 Å². The minimum absolute atomic E-state index is 0.108. The third-order valence-electron chi connectivity index (χ3n) is 20.6. The molecule has 0 saturated carbocycles. The lowest BCUT2D eigenvalue weighted by Crippen LogP contribution is -2.30. The molecule has 0 aliphatic heterocycles. The second kappa shape index (κ2) is 77.4. The predicted molar refractivity (Wildman–Crippen MR) is 432 cm³/mol. The molecule has 0 rings (SSSR count). The van der Waals surface area contributed by atoms with Crippen molar-refractivity contribution in [3.63, 3.8) is 0 Å². The number of hydrogen-bond donors (Lipinski definition) is 3. The zero-order valence-corrected chi connectivity index (χ0v) is 70.8. The number of rotatable bonds is 85. The van der Waals surface area contributed by atoms with Crippen LogP contribution in [0.4, 0.5) is 0 Å². The van der Waals surface area contributed by atoms with Crippen molar-refractivity contribution in [1.82, 2.24) is 0 Å². The molecule has 0 bridgehead atoms. The summed E-state index contributed by atoms with van der Waals surface area (Å²) < 4.78 is 68.9. The van der Waals surface area contributed by atoms with Crippen LogP contribution in [0.15, 0.2) is 0 Å². The Hall–Kier alpha value is -1.94. The lowest BCUT2D eigenvalue weighted by molar-refractivity contribution is -0.161. The number of aliphatic hydroxyl groups excluding tert-OH is 1. The van der Waals surface area contributed by atoms with E-state index in [9.17, 15) is 43.2 Å². The van der Waals surface area contributed by atoms with Crippen LogP contribution in [0, 0.1) is 11.8 Å². The average Bonchev–Trinajstić information content (AvgIpc) is 0.908. The summed E-state index contributed by atoms with van der Waals surface area (Å²) in [5.74, 6) is -0.449. The number of phosphoric acid groups is 2. The van der Waals surface area contributed by atoms with Crippen molar-refractivity contribution in [2.75, 3.05) is 39.6 Å². The number of carbonyl (C=O) groups excluding carboxylic acids is 4. The first-order chi connectivity index (χ1) is 50.9. The molecule has 0 radical (unpaired) electrons. The molecule has 0 aromatic rings. The van der Waals surface area contributed by atoms with Crippen molar-refractivity contribution in [3.8, 4) is 0 Å². The molecule has 0 fully saturated rings. The Balaban J connectivity index is 5.23. The maximum absolute atomic E-state index is 13.1. The van der Waals surface area contributed by atoms with Gasteiger partial charge in [-0.05, 0) is 37.5 Å². The van der Waals surface area contributed by atoms with E-state index >= 15 is 0 Å². The number of hydrogen-bond acceptors (Lipinski definition) is 15. The Kier molecular flexibility index (Phi) is 76.0. The van der Waals surface area contributed by atoms with Gasteiger partial charge in [-0.1, -0.05) is 408 Å². The summed E-state index contributed by atoms with van der Waals surface area (Å²) in [4.78, 5) is 73.2. The molecule has 3 N–H and O–H groups in total. The molecule has 0 spiro atoms. The minimum atomic E-state index is -4.97. The van der Waals surface area contributed by atoms with Crippen LogP contribution in [-0.4, -0.2) is 96.7 Å². The summed E-state index contributed by atoms with van der Waals surface area (Å²) in [6.07, 6.45) is 69.3. The van der Waals surface area contributed by atoms with Gasteiger partial charge in [-0.3, -0.25) is 37.3 Å². The molecule has 105 heavy (non-hydrogen) atoms. The quantitative estimate of drug-likeness (QED) is 0.0222. The topological polar surface area (TPSA) is 237 Å². The van der Waals surface area contributed by atoms with Crippen LogP contribution in [-0.2, 0) is 65.4 Å². The standard InChI is InChI=1S/C86H168O17P2/c1-7-10-12-14-16-18-20-21-22-23-24-25-28-35-40-46-52-58-64-70-85(90)103-82(75-97-84(89)69-63-57-51-45-39-34-29-26-27-32-37-42-48-54-60-66-78(4)5)77-101-105(94,95)99-73-80(87)72-98-104(92,93)100-76-81(74-96-83(88)68-62-56-50-44-19-17-15-13-11-8-2)102-86(91)71-65-59-53-47-41-36-31-30-33-38-43-49-55-61-67-79(6)9-3/h78-82,87H,7-77H2,1-6H3,(H,92,93)(H,94,95)/t79?,80-,81+,82+/m0/s1. The van der Waals surface area contributed by atoms with E-state index in [2.05, 4.69) is 41.5 Å². The zero-order chi connectivity index (χ0) is 77.1. The van der Waals surface area contributed by atoms with Gasteiger partial charge < -0.3 is 33.8 Å². The Labute approximate surface area is 645 Å². The third kappa shape index (κ3) is 78.5. The minimum Gasteiger partial charge on any atom is -0.462 e. The van der Waals surface area contributed by atoms with E-state index in [1.54, 1.807) is 0 Å². The van der Waals surface area contributed by atoms with Crippen molar-refractivity contribution in [2.24, 2.45) is 11.8 Å². The highest BCUT2D eigenvalue weighted by Gasteiger charge is 2.30. The van der Waals surface area contributed by atoms with Crippen LogP contribution >= 0.6 is 15.6 Å². The van der Waals surface area contributed by atoms with Crippen molar-refractivity contribution >= 4 is 39.5 Å². The lowest BCUT2D eigenvalue weighted by Gasteiger charge is -2.21. The van der Waals surface area contributed by atoms with Crippen LogP contribution < -0.4 is 0 Å². The van der Waals surface area contributed by atoms with E-state index in [0.29, 0.717) is 25.7 Å². The van der Waals surface area contributed by atoms with Gasteiger partial charge >= 0.3 is 39.5 Å². The second-order valence-corrected chi connectivity index (χ2v) is 34.6. The maximum Gasteiger partial charge on any atom is 0.472 e. The van der Waals surface area contributed by atoms with Gasteiger partial charge in [0.05, 0.1) is 26.4 Å². The third-order valence-corrected chi connectivity index (χ3v) is 22.5. The van der Waals surface area contributed by atoms with Crippen LogP contribution in [0.25, 0.3) is 0 Å². The number of carbonyl (C=O) groups is 4. The molecule has 3 unspecified atom stereocenters. The van der Waals surface area contributed by atoms with Crippen LogP contribution in [0.1, 0.15) is 459 Å². The SMILES string of the molecule is CCCCCCCCCCCCCCCCCCCCCC(=O)O[C@H](COC(=O)CCCCCCCCCCCCCCCCCC(C)C)COP(=O)(O)OC[C@@H](O)COP(=O)(O)OC[C@@H](COC(=O)CCCCCCCCCCCC)OC(=O)CCCCCCCCCCCCCCCCC(C)CC. The van der Waals surface area contributed by atoms with E-state index in [1.165, 1.54) is 276 Å². The van der Waals surface area contributed by atoms with Gasteiger partial charge in [-0.15, -0.1) is 0 Å². The highest BCUT2D eigenvalue weighted by molar-refractivity contribution is 7.47. The molecule has 0 aromatic heterocycles. The fourth-order valence-electron chi connectivity index (χ4n) is 13.4. The van der Waals surface area contributed by atoms with Crippen LogP contribution in [0.3, 0.4) is 0 Å². The fourth-order valence-corrected chi connectivity index (χ4v) is 15.0. The van der Waals surface area contributed by atoms with Gasteiger partial charge in [0.15, 0.2) is 12.2 Å². The Morgan fingerprint density at radius 1 is 0.276 bits per heavy atom. The van der Waals surface area contributed by atoms with Gasteiger partial charge in [0.1, 0.15) is 19.3 Å². The molecule has 0 heterocycles. The number of unbranched alkanes of at least 4 members (excludes halogenated alkanes) is 54. The van der Waals surface area contributed by atoms with Gasteiger partial charge in [-0.25, -0.2) is 9.13 Å². The van der Waals surface area contributed by atoms with E-state index in [0.717, 1.165) is 102 Å². The number of esters is 4. The lowest BCUT2D eigenvalue weighted by atomic mass is 9.99. The molecule has 0 aliphatic rings. The van der Waals surface area contributed by atoms with Crippen molar-refractivity contribution in [1.29, 1.82) is 0 Å². The van der Waals surface area contributed by atoms with E-state index in [4.69, 9.17) is 37.0 Å². The summed E-state index contributed by atoms with van der Waals surface area (Å²) >= 11 is 0. The summed E-state index contributed by atoms with van der Waals surface area (Å²) in [6.45, 7) is 9.75. The van der Waals surface area contributed by atoms with Crippen LogP contribution in [0.5, 0.6) is 0 Å². The highest BCUT2D eigenvalue weighted by Crippen LogP contribution is 2.45. The Bertz CT molecular complexity index is 2010. The second-order valence-electron chi connectivity index (χ2n) is 31.6. The molecule has 0 amide bonds. The van der Waals surface area contributed by atoms with Gasteiger partial charge in [0.2, 0.25) is 0 Å². The molecule has 6 atom stereocenters. The van der Waals surface area contributed by atoms with Crippen molar-refractivity contribution in [2.45, 2.75) is 477 Å². The fraction of sp³-hybridized carbons (Fsp3) is 0.953. The van der Waals surface area contributed by atoms with Crippen molar-refractivity contribution < 1.29 is 80.2 Å². The number of ether oxygens (including phenoxy) is 4. The van der Waals surface area contributed by atoms with E-state index < -0.39 is 97.5 Å². The largest absolute Gasteiger partial charge is 0.472 e. The average molecular weight is 1540 g/mol. The van der Waals surface area contributed by atoms with Crippen LogP contribution in [0.2, 0.25) is 0 Å². The summed E-state index contributed by atoms with van der Waals surface area (Å²) in [6, 6.07) is 0. The normalized spacial score (nSPS) is 14.1. The molecular weight excluding hydrogens is 1370 g/mol. The molecule has 0 aliphatic carbocycles. The van der Waals surface area contributed by atoms with Gasteiger partial charge in [0, 0.05) is 25.7 Å². The Morgan fingerprint density at radius 2 is 0.486 bits per heavy atom. The van der Waals surface area contributed by atoms with E-state index in [-0.39, 0.29) is 25.7 Å². The molecular formula is C86H168O17P2. The molecule has 624 valence electrons. The molecule has 0 aromatic carbocycles. The Morgan fingerprint density at radius 3 is 0.724 bits per heavy atom. The summed E-state index contributed by atoms with van der Waals surface area (Å²) in [7, 11) is -9.93. The molecule has 0 saturated heterocycles.